The highest BCUT2D eigenvalue weighted by molar-refractivity contribution is 5.19. The summed E-state index contributed by atoms with van der Waals surface area (Å²) in [6, 6.07) is 4.40. The van der Waals surface area contributed by atoms with Crippen molar-refractivity contribution in [3.8, 4) is 0 Å². The Bertz CT molecular complexity index is 299. The van der Waals surface area contributed by atoms with Crippen LogP contribution in [0.5, 0.6) is 0 Å². The Balaban J connectivity index is 2.47. The summed E-state index contributed by atoms with van der Waals surface area (Å²) in [6.07, 6.45) is 8.05. The van der Waals surface area contributed by atoms with Crippen molar-refractivity contribution in [3.63, 3.8) is 0 Å². The van der Waals surface area contributed by atoms with Crippen LogP contribution in [0.2, 0.25) is 0 Å². The van der Waals surface area contributed by atoms with Crippen LogP contribution >= 0.6 is 0 Å². The number of unbranched alkanes of at least 4 members (excludes halogenated alkanes) is 3. The Labute approximate surface area is 98.4 Å². The van der Waals surface area contributed by atoms with Crippen molar-refractivity contribution >= 4 is 0 Å². The van der Waals surface area contributed by atoms with Gasteiger partial charge >= 0.3 is 0 Å². The normalized spacial score (nSPS) is 12.7. The van der Waals surface area contributed by atoms with Crippen molar-refractivity contribution in [2.45, 2.75) is 52.0 Å². The summed E-state index contributed by atoms with van der Waals surface area (Å²) in [5, 5.41) is 0. The van der Waals surface area contributed by atoms with Gasteiger partial charge in [-0.05, 0) is 31.0 Å². The molecule has 0 fully saturated rings. The Morgan fingerprint density at radius 3 is 2.81 bits per heavy atom. The zero-order valence-corrected chi connectivity index (χ0v) is 10.4. The molecule has 90 valence electrons. The standard InChI is InChI=1S/C13H23N3/c1-3-4-5-6-7-13(16-14)12-8-9-15-11(2)10-12/h8-10,13,16H,3-7,14H2,1-2H3. The molecule has 0 saturated heterocycles. The van der Waals surface area contributed by atoms with Crippen LogP contribution in [0.1, 0.15) is 56.3 Å². The molecule has 0 radical (unpaired) electrons. The molecule has 1 heterocycles. The zero-order chi connectivity index (χ0) is 11.8. The molecule has 0 saturated carbocycles. The van der Waals surface area contributed by atoms with E-state index in [4.69, 9.17) is 5.84 Å². The minimum absolute atomic E-state index is 0.263. The summed E-state index contributed by atoms with van der Waals surface area (Å²) in [6.45, 7) is 4.24. The van der Waals surface area contributed by atoms with Crippen molar-refractivity contribution < 1.29 is 0 Å². The molecule has 16 heavy (non-hydrogen) atoms. The maximum atomic E-state index is 5.60. The van der Waals surface area contributed by atoms with E-state index in [1.54, 1.807) is 0 Å². The second-order valence-electron chi connectivity index (χ2n) is 4.30. The second kappa shape index (κ2) is 7.36. The molecule has 0 aliphatic rings. The maximum Gasteiger partial charge on any atom is 0.0461 e. The average molecular weight is 221 g/mol. The number of aromatic nitrogens is 1. The molecule has 3 nitrogen and oxygen atoms in total. The molecule has 0 spiro atoms. The van der Waals surface area contributed by atoms with Crippen LogP contribution in [0.3, 0.4) is 0 Å². The van der Waals surface area contributed by atoms with Crippen molar-refractivity contribution in [1.82, 2.24) is 10.4 Å². The molecule has 0 aromatic carbocycles. The predicted molar refractivity (Wildman–Crippen MR) is 67.8 cm³/mol. The molecule has 1 unspecified atom stereocenters. The number of hydrogen-bond acceptors (Lipinski definition) is 3. The fraction of sp³-hybridized carbons (Fsp3) is 0.615. The summed E-state index contributed by atoms with van der Waals surface area (Å²) >= 11 is 0. The van der Waals surface area contributed by atoms with Gasteiger partial charge in [-0.3, -0.25) is 16.3 Å². The van der Waals surface area contributed by atoms with Gasteiger partial charge in [-0.1, -0.05) is 32.6 Å². The molecule has 1 aromatic rings. The monoisotopic (exact) mass is 221 g/mol. The molecule has 0 aliphatic heterocycles. The third-order valence-corrected chi connectivity index (χ3v) is 2.87. The van der Waals surface area contributed by atoms with Gasteiger partial charge in [0, 0.05) is 17.9 Å². The van der Waals surface area contributed by atoms with E-state index in [-0.39, 0.29) is 6.04 Å². The SMILES string of the molecule is CCCCCCC(NN)c1ccnc(C)c1. The van der Waals surface area contributed by atoms with Crippen molar-refractivity contribution in [2.75, 3.05) is 0 Å². The molecule has 0 amide bonds. The summed E-state index contributed by atoms with van der Waals surface area (Å²) in [4.78, 5) is 4.20. The first-order valence-electron chi connectivity index (χ1n) is 6.16. The van der Waals surface area contributed by atoms with Crippen LogP contribution in [0.4, 0.5) is 0 Å². The highest BCUT2D eigenvalue weighted by Crippen LogP contribution is 2.19. The Hall–Kier alpha value is -0.930. The lowest BCUT2D eigenvalue weighted by atomic mass is 10.0. The van der Waals surface area contributed by atoms with E-state index in [1.807, 2.05) is 19.2 Å². The van der Waals surface area contributed by atoms with Crippen LogP contribution in [0.15, 0.2) is 18.3 Å². The lowest BCUT2D eigenvalue weighted by Gasteiger charge is -2.16. The first kappa shape index (κ1) is 13.1. The second-order valence-corrected chi connectivity index (χ2v) is 4.30. The van der Waals surface area contributed by atoms with Gasteiger partial charge in [0.2, 0.25) is 0 Å². The molecular weight excluding hydrogens is 198 g/mol. The molecule has 1 aromatic heterocycles. The average Bonchev–Trinajstić information content (AvgIpc) is 2.29. The summed E-state index contributed by atoms with van der Waals surface area (Å²) in [5.41, 5.74) is 5.18. The third-order valence-electron chi connectivity index (χ3n) is 2.87. The number of nitrogens with zero attached hydrogens (tertiary/aromatic N) is 1. The minimum atomic E-state index is 0.263. The van der Waals surface area contributed by atoms with Crippen LogP contribution in [-0.2, 0) is 0 Å². The van der Waals surface area contributed by atoms with E-state index < -0.39 is 0 Å². The van der Waals surface area contributed by atoms with Crippen LogP contribution in [0, 0.1) is 6.92 Å². The summed E-state index contributed by atoms with van der Waals surface area (Å²) in [7, 11) is 0. The quantitative estimate of drug-likeness (QED) is 0.423. The van der Waals surface area contributed by atoms with Gasteiger partial charge in [-0.25, -0.2) is 0 Å². The number of aryl methyl sites for hydroxylation is 1. The predicted octanol–water partition coefficient (Wildman–Crippen LogP) is 2.86. The molecule has 3 heteroatoms. The van der Waals surface area contributed by atoms with Gasteiger partial charge in [0.25, 0.3) is 0 Å². The number of nitrogens with two attached hydrogens (primary N) is 1. The molecule has 1 atom stereocenters. The van der Waals surface area contributed by atoms with Gasteiger partial charge in [-0.2, -0.15) is 0 Å². The van der Waals surface area contributed by atoms with E-state index in [1.165, 1.54) is 31.2 Å². The first-order valence-corrected chi connectivity index (χ1v) is 6.16. The van der Waals surface area contributed by atoms with Crippen LogP contribution in [-0.4, -0.2) is 4.98 Å². The molecule has 3 N–H and O–H groups in total. The van der Waals surface area contributed by atoms with E-state index >= 15 is 0 Å². The highest BCUT2D eigenvalue weighted by atomic mass is 15.2. The zero-order valence-electron chi connectivity index (χ0n) is 10.4. The van der Waals surface area contributed by atoms with Gasteiger partial charge in [0.15, 0.2) is 0 Å². The van der Waals surface area contributed by atoms with Gasteiger partial charge in [-0.15, -0.1) is 0 Å². The minimum Gasteiger partial charge on any atom is -0.271 e. The summed E-state index contributed by atoms with van der Waals surface area (Å²) < 4.78 is 0. The van der Waals surface area contributed by atoms with Gasteiger partial charge in [0.05, 0.1) is 0 Å². The Morgan fingerprint density at radius 2 is 2.19 bits per heavy atom. The van der Waals surface area contributed by atoms with E-state index in [0.29, 0.717) is 0 Å². The first-order chi connectivity index (χ1) is 7.77. The van der Waals surface area contributed by atoms with Crippen LogP contribution < -0.4 is 11.3 Å². The fourth-order valence-corrected chi connectivity index (χ4v) is 1.91. The Kier molecular flexibility index (Phi) is 6.04. The van der Waals surface area contributed by atoms with Crippen LogP contribution in [0.25, 0.3) is 0 Å². The van der Waals surface area contributed by atoms with Crippen molar-refractivity contribution in [1.29, 1.82) is 0 Å². The summed E-state index contributed by atoms with van der Waals surface area (Å²) in [5.74, 6) is 5.60. The van der Waals surface area contributed by atoms with E-state index in [9.17, 15) is 0 Å². The lowest BCUT2D eigenvalue weighted by Crippen LogP contribution is -2.28. The van der Waals surface area contributed by atoms with Crippen molar-refractivity contribution in [3.05, 3.63) is 29.6 Å². The smallest absolute Gasteiger partial charge is 0.0461 e. The maximum absolute atomic E-state index is 5.60. The number of hydrazine groups is 1. The molecule has 1 rings (SSSR count). The number of rotatable bonds is 7. The van der Waals surface area contributed by atoms with Crippen molar-refractivity contribution in [2.24, 2.45) is 5.84 Å². The van der Waals surface area contributed by atoms with Gasteiger partial charge in [0.1, 0.15) is 0 Å². The largest absolute Gasteiger partial charge is 0.271 e. The lowest BCUT2D eigenvalue weighted by molar-refractivity contribution is 0.481. The molecule has 0 aliphatic carbocycles. The fourth-order valence-electron chi connectivity index (χ4n) is 1.91. The topological polar surface area (TPSA) is 50.9 Å². The number of hydrogen-bond donors (Lipinski definition) is 2. The van der Waals surface area contributed by atoms with E-state index in [0.717, 1.165) is 12.1 Å². The number of pyridine rings is 1. The van der Waals surface area contributed by atoms with Gasteiger partial charge < -0.3 is 0 Å². The number of nitrogens with one attached hydrogen (secondary N) is 1. The Morgan fingerprint density at radius 1 is 1.38 bits per heavy atom. The molecular formula is C13H23N3. The molecule has 0 bridgehead atoms. The van der Waals surface area contributed by atoms with E-state index in [2.05, 4.69) is 23.4 Å². The third kappa shape index (κ3) is 4.29. The highest BCUT2D eigenvalue weighted by Gasteiger charge is 2.09.